The number of rotatable bonds is 0. The molecule has 0 aromatic heterocycles. The molecule has 0 aromatic carbocycles. The highest BCUT2D eigenvalue weighted by Gasteiger charge is 2.44. The van der Waals surface area contributed by atoms with Gasteiger partial charge in [0.1, 0.15) is 0 Å². The van der Waals surface area contributed by atoms with E-state index in [4.69, 9.17) is 0 Å². The lowest BCUT2D eigenvalue weighted by atomic mass is 9.86. The first-order chi connectivity index (χ1) is 5.20. The summed E-state index contributed by atoms with van der Waals surface area (Å²) in [5.41, 5.74) is -0.0891. The van der Waals surface area contributed by atoms with Crippen LogP contribution in [0.3, 0.4) is 0 Å². The van der Waals surface area contributed by atoms with E-state index in [0.717, 1.165) is 0 Å². The van der Waals surface area contributed by atoms with Gasteiger partial charge in [-0.25, -0.2) is 0 Å². The summed E-state index contributed by atoms with van der Waals surface area (Å²) in [6.07, 6.45) is 1.01. The second kappa shape index (κ2) is 1.96. The molecule has 2 aliphatic heterocycles. The van der Waals surface area contributed by atoms with Crippen LogP contribution in [0.15, 0.2) is 0 Å². The second-order valence-electron chi connectivity index (χ2n) is 3.41. The van der Waals surface area contributed by atoms with Crippen LogP contribution in [0.25, 0.3) is 0 Å². The lowest BCUT2D eigenvalue weighted by Crippen LogP contribution is -2.26. The Morgan fingerprint density at radius 1 is 1.00 bits per heavy atom. The zero-order chi connectivity index (χ0) is 7.90. The van der Waals surface area contributed by atoms with Gasteiger partial charge in [0.05, 0.1) is 0 Å². The molecule has 4 nitrogen and oxygen atoms in total. The van der Waals surface area contributed by atoms with Crippen molar-refractivity contribution in [2.24, 2.45) is 5.41 Å². The lowest BCUT2D eigenvalue weighted by Gasteiger charge is -2.15. The van der Waals surface area contributed by atoms with Gasteiger partial charge in [-0.15, -0.1) is 0 Å². The first kappa shape index (κ1) is 6.64. The van der Waals surface area contributed by atoms with E-state index in [-0.39, 0.29) is 17.2 Å². The van der Waals surface area contributed by atoms with Crippen molar-refractivity contribution in [2.75, 3.05) is 13.1 Å². The fourth-order valence-corrected chi connectivity index (χ4v) is 1.75. The van der Waals surface area contributed by atoms with Gasteiger partial charge in [0, 0.05) is 31.3 Å². The molecule has 0 saturated carbocycles. The summed E-state index contributed by atoms with van der Waals surface area (Å²) in [4.78, 5) is 21.7. The fraction of sp³-hybridized carbons (Fsp3) is 0.714. The Morgan fingerprint density at radius 2 is 1.45 bits per heavy atom. The molecule has 60 valence electrons. The third-order valence-electron chi connectivity index (χ3n) is 2.39. The van der Waals surface area contributed by atoms with Gasteiger partial charge in [0.15, 0.2) is 0 Å². The highest BCUT2D eigenvalue weighted by atomic mass is 16.2. The fourth-order valence-electron chi connectivity index (χ4n) is 1.75. The number of hydrogen-bond donors (Lipinski definition) is 2. The van der Waals surface area contributed by atoms with Gasteiger partial charge in [0.25, 0.3) is 0 Å². The van der Waals surface area contributed by atoms with Gasteiger partial charge in [-0.2, -0.15) is 0 Å². The Morgan fingerprint density at radius 3 is 1.73 bits per heavy atom. The summed E-state index contributed by atoms with van der Waals surface area (Å²) in [7, 11) is 0. The van der Waals surface area contributed by atoms with Gasteiger partial charge < -0.3 is 10.6 Å². The quantitative estimate of drug-likeness (QED) is 0.471. The van der Waals surface area contributed by atoms with Crippen LogP contribution in [0.1, 0.15) is 12.8 Å². The number of hydrogen-bond acceptors (Lipinski definition) is 2. The summed E-state index contributed by atoms with van der Waals surface area (Å²) >= 11 is 0. The molecule has 0 aliphatic carbocycles. The molecule has 0 unspecified atom stereocenters. The SMILES string of the molecule is O=C1CC2(CN1)CNC(=O)C2. The van der Waals surface area contributed by atoms with Crippen LogP contribution >= 0.6 is 0 Å². The van der Waals surface area contributed by atoms with E-state index in [1.807, 2.05) is 0 Å². The molecule has 2 saturated heterocycles. The maximum Gasteiger partial charge on any atom is 0.220 e. The maximum absolute atomic E-state index is 10.9. The standard InChI is InChI=1S/C7H10N2O2/c10-5-1-7(3-8-5)2-6(11)9-4-7/h1-4H2,(H,8,10)(H,9,11). The molecule has 2 amide bonds. The van der Waals surface area contributed by atoms with Gasteiger partial charge in [0.2, 0.25) is 11.8 Å². The van der Waals surface area contributed by atoms with Crippen LogP contribution in [-0.2, 0) is 9.59 Å². The molecule has 0 atom stereocenters. The molecule has 2 aliphatic rings. The Kier molecular flexibility index (Phi) is 1.19. The van der Waals surface area contributed by atoms with Crippen LogP contribution in [0, 0.1) is 5.41 Å². The molecule has 2 heterocycles. The van der Waals surface area contributed by atoms with Crippen molar-refractivity contribution in [2.45, 2.75) is 12.8 Å². The summed E-state index contributed by atoms with van der Waals surface area (Å²) in [5, 5.41) is 5.48. The first-order valence-corrected chi connectivity index (χ1v) is 3.74. The van der Waals surface area contributed by atoms with E-state index in [0.29, 0.717) is 25.9 Å². The van der Waals surface area contributed by atoms with Crippen molar-refractivity contribution < 1.29 is 9.59 Å². The van der Waals surface area contributed by atoms with E-state index in [9.17, 15) is 9.59 Å². The predicted molar refractivity (Wildman–Crippen MR) is 37.7 cm³/mol. The highest BCUT2D eigenvalue weighted by molar-refractivity contribution is 5.85. The van der Waals surface area contributed by atoms with Gasteiger partial charge in [-0.05, 0) is 0 Å². The third kappa shape index (κ3) is 0.982. The van der Waals surface area contributed by atoms with E-state index < -0.39 is 0 Å². The third-order valence-corrected chi connectivity index (χ3v) is 2.39. The lowest BCUT2D eigenvalue weighted by molar-refractivity contribution is -0.119. The van der Waals surface area contributed by atoms with E-state index in [2.05, 4.69) is 10.6 Å². The molecule has 0 aromatic rings. The minimum Gasteiger partial charge on any atom is -0.355 e. The first-order valence-electron chi connectivity index (χ1n) is 3.74. The molecular weight excluding hydrogens is 144 g/mol. The molecule has 2 N–H and O–H groups in total. The minimum atomic E-state index is -0.0891. The van der Waals surface area contributed by atoms with Gasteiger partial charge in [-0.3, -0.25) is 9.59 Å². The predicted octanol–water partition coefficient (Wildman–Crippen LogP) is -0.987. The topological polar surface area (TPSA) is 58.2 Å². The van der Waals surface area contributed by atoms with Crippen LogP contribution in [0.4, 0.5) is 0 Å². The van der Waals surface area contributed by atoms with Crippen molar-refractivity contribution in [1.82, 2.24) is 10.6 Å². The van der Waals surface area contributed by atoms with Crippen molar-refractivity contribution in [3.05, 3.63) is 0 Å². The zero-order valence-electron chi connectivity index (χ0n) is 6.14. The second-order valence-corrected chi connectivity index (χ2v) is 3.41. The molecule has 1 spiro atoms. The molecule has 11 heavy (non-hydrogen) atoms. The maximum atomic E-state index is 10.9. The molecule has 2 rings (SSSR count). The summed E-state index contributed by atoms with van der Waals surface area (Å²) < 4.78 is 0. The molecule has 2 fully saturated rings. The molecule has 4 heteroatoms. The molecular formula is C7H10N2O2. The average molecular weight is 154 g/mol. The van der Waals surface area contributed by atoms with Crippen LogP contribution < -0.4 is 10.6 Å². The van der Waals surface area contributed by atoms with Crippen molar-refractivity contribution in [3.8, 4) is 0 Å². The van der Waals surface area contributed by atoms with Gasteiger partial charge in [-0.1, -0.05) is 0 Å². The zero-order valence-corrected chi connectivity index (χ0v) is 6.14. The number of carbonyl (C=O) groups excluding carboxylic acids is 2. The van der Waals surface area contributed by atoms with Crippen molar-refractivity contribution in [3.63, 3.8) is 0 Å². The van der Waals surface area contributed by atoms with Crippen LogP contribution in [0.2, 0.25) is 0 Å². The van der Waals surface area contributed by atoms with E-state index in [1.54, 1.807) is 0 Å². The normalized spacial score (nSPS) is 27.3. The molecule has 0 radical (unpaired) electrons. The van der Waals surface area contributed by atoms with Crippen molar-refractivity contribution in [1.29, 1.82) is 0 Å². The highest BCUT2D eigenvalue weighted by Crippen LogP contribution is 2.32. The minimum absolute atomic E-state index is 0.0708. The average Bonchev–Trinajstić information content (AvgIpc) is 2.44. The monoisotopic (exact) mass is 154 g/mol. The smallest absolute Gasteiger partial charge is 0.220 e. The number of amides is 2. The largest absolute Gasteiger partial charge is 0.355 e. The Hall–Kier alpha value is -1.06. The van der Waals surface area contributed by atoms with E-state index in [1.165, 1.54) is 0 Å². The summed E-state index contributed by atoms with van der Waals surface area (Å²) in [6, 6.07) is 0. The Balaban J connectivity index is 2.13. The van der Waals surface area contributed by atoms with Gasteiger partial charge >= 0.3 is 0 Å². The Bertz CT molecular complexity index is 200. The summed E-state index contributed by atoms with van der Waals surface area (Å²) in [5.74, 6) is 0.142. The van der Waals surface area contributed by atoms with Crippen molar-refractivity contribution >= 4 is 11.8 Å². The number of nitrogens with one attached hydrogen (secondary N) is 2. The van der Waals surface area contributed by atoms with E-state index >= 15 is 0 Å². The van der Waals surface area contributed by atoms with Crippen LogP contribution in [-0.4, -0.2) is 24.9 Å². The number of carbonyl (C=O) groups is 2. The summed E-state index contributed by atoms with van der Waals surface area (Å²) in [6.45, 7) is 1.31. The Labute approximate surface area is 64.3 Å². The van der Waals surface area contributed by atoms with Crippen LogP contribution in [0.5, 0.6) is 0 Å². The molecule has 0 bridgehead atoms.